The van der Waals surface area contributed by atoms with Gasteiger partial charge in [0.25, 0.3) is 0 Å². The van der Waals surface area contributed by atoms with Gasteiger partial charge in [-0.05, 0) is 24.5 Å². The van der Waals surface area contributed by atoms with Gasteiger partial charge in [0.2, 0.25) is 5.91 Å². The summed E-state index contributed by atoms with van der Waals surface area (Å²) >= 11 is 0. The lowest BCUT2D eigenvalue weighted by Gasteiger charge is -2.21. The molecule has 2 aromatic rings. The fraction of sp³-hybridized carbons (Fsp3) is 0.550. The lowest BCUT2D eigenvalue weighted by molar-refractivity contribution is -0.116. The highest BCUT2D eigenvalue weighted by molar-refractivity contribution is 5.98. The highest BCUT2D eigenvalue weighted by Gasteiger charge is 2.18. The van der Waals surface area contributed by atoms with Crippen LogP contribution in [0.1, 0.15) is 38.5 Å². The van der Waals surface area contributed by atoms with Gasteiger partial charge in [0.15, 0.2) is 0 Å². The lowest BCUT2D eigenvalue weighted by Crippen LogP contribution is -2.39. The van der Waals surface area contributed by atoms with E-state index in [0.717, 1.165) is 12.1 Å². The van der Waals surface area contributed by atoms with Crippen molar-refractivity contribution in [2.75, 3.05) is 24.3 Å². The second-order valence-corrected chi connectivity index (χ2v) is 7.72. The molecule has 0 aliphatic heterocycles. The van der Waals surface area contributed by atoms with Gasteiger partial charge in [-0.3, -0.25) is 14.4 Å². The quantitative estimate of drug-likeness (QED) is 0.817. The Morgan fingerprint density at radius 2 is 1.63 bits per heavy atom. The predicted molar refractivity (Wildman–Crippen MR) is 109 cm³/mol. The molecular weight excluding hydrogens is 344 g/mol. The van der Waals surface area contributed by atoms with Gasteiger partial charge in [0.05, 0.1) is 22.4 Å². The summed E-state index contributed by atoms with van der Waals surface area (Å²) in [4.78, 5) is 38.6. The van der Waals surface area contributed by atoms with Crippen molar-refractivity contribution in [1.82, 2.24) is 9.13 Å². The van der Waals surface area contributed by atoms with Gasteiger partial charge in [-0.15, -0.1) is 0 Å². The number of amides is 1. The average Bonchev–Trinajstić information content (AvgIpc) is 3.16. The van der Waals surface area contributed by atoms with Crippen LogP contribution in [0, 0.1) is 5.92 Å². The molecule has 1 aliphatic carbocycles. The monoisotopic (exact) mass is 372 g/mol. The maximum absolute atomic E-state index is 12.5. The number of fused-ring (bicyclic) bond motifs is 1. The first-order valence-electron chi connectivity index (χ1n) is 9.50. The fourth-order valence-electron chi connectivity index (χ4n) is 3.93. The van der Waals surface area contributed by atoms with E-state index in [1.165, 1.54) is 34.8 Å². The van der Waals surface area contributed by atoms with Crippen molar-refractivity contribution < 1.29 is 4.79 Å². The van der Waals surface area contributed by atoms with Crippen molar-refractivity contribution >= 4 is 28.3 Å². The molecule has 1 amide bonds. The van der Waals surface area contributed by atoms with E-state index in [-0.39, 0.29) is 5.91 Å². The second-order valence-electron chi connectivity index (χ2n) is 7.72. The number of carbonyl (C=O) groups excluding carboxylic acids is 1. The van der Waals surface area contributed by atoms with Crippen LogP contribution < -0.4 is 21.3 Å². The molecule has 0 radical (unpaired) electrons. The number of hydrogen-bond donors (Lipinski definition) is 1. The highest BCUT2D eigenvalue weighted by Crippen LogP contribution is 2.31. The number of carbonyl (C=O) groups is 1. The van der Waals surface area contributed by atoms with Gasteiger partial charge in [0, 0.05) is 34.6 Å². The van der Waals surface area contributed by atoms with E-state index < -0.39 is 11.1 Å². The molecule has 1 fully saturated rings. The van der Waals surface area contributed by atoms with Gasteiger partial charge in [0.1, 0.15) is 0 Å². The lowest BCUT2D eigenvalue weighted by atomic mass is 10.0. The first-order valence-corrected chi connectivity index (χ1v) is 9.50. The van der Waals surface area contributed by atoms with Crippen molar-refractivity contribution in [3.05, 3.63) is 32.8 Å². The molecule has 27 heavy (non-hydrogen) atoms. The molecule has 1 N–H and O–H groups in total. The van der Waals surface area contributed by atoms with Crippen LogP contribution in [0.3, 0.4) is 0 Å². The van der Waals surface area contributed by atoms with Crippen molar-refractivity contribution in [1.29, 1.82) is 0 Å². The van der Waals surface area contributed by atoms with Crippen LogP contribution in [-0.2, 0) is 18.9 Å². The van der Waals surface area contributed by atoms with Crippen LogP contribution in [0.2, 0.25) is 0 Å². The summed E-state index contributed by atoms with van der Waals surface area (Å²) in [7, 11) is 6.93. The van der Waals surface area contributed by atoms with E-state index in [2.05, 4.69) is 5.32 Å². The van der Waals surface area contributed by atoms with Crippen molar-refractivity contribution in [3.8, 4) is 0 Å². The molecule has 0 bridgehead atoms. The summed E-state index contributed by atoms with van der Waals surface area (Å²) in [5, 5.41) is 3.01. The van der Waals surface area contributed by atoms with Crippen LogP contribution in [0.25, 0.3) is 11.0 Å². The summed E-state index contributed by atoms with van der Waals surface area (Å²) < 4.78 is 2.70. The third-order valence-corrected chi connectivity index (χ3v) is 5.62. The van der Waals surface area contributed by atoms with Crippen LogP contribution in [0.15, 0.2) is 21.7 Å². The Bertz CT molecular complexity index is 981. The Morgan fingerprint density at radius 1 is 1.07 bits per heavy atom. The van der Waals surface area contributed by atoms with E-state index in [9.17, 15) is 14.4 Å². The maximum atomic E-state index is 12.5. The number of hydrogen-bond acceptors (Lipinski definition) is 4. The maximum Gasteiger partial charge on any atom is 0.316 e. The minimum Gasteiger partial charge on any atom is -0.376 e. The Balaban J connectivity index is 1.95. The SMILES string of the molecule is CN(C)c1cc2c(cc1NC(=O)CCC1CCCC1)n(C)c(=O)c(=O)n2C. The Hall–Kier alpha value is -2.57. The zero-order valence-electron chi connectivity index (χ0n) is 16.5. The van der Waals surface area contributed by atoms with E-state index in [1.54, 1.807) is 20.2 Å². The number of rotatable bonds is 5. The Morgan fingerprint density at radius 3 is 2.19 bits per heavy atom. The third kappa shape index (κ3) is 3.77. The van der Waals surface area contributed by atoms with Gasteiger partial charge in [-0.2, -0.15) is 0 Å². The number of benzene rings is 1. The molecule has 0 saturated heterocycles. The zero-order valence-corrected chi connectivity index (χ0v) is 16.5. The largest absolute Gasteiger partial charge is 0.376 e. The number of anilines is 2. The molecule has 1 saturated carbocycles. The summed E-state index contributed by atoms with van der Waals surface area (Å²) in [5.41, 5.74) is 1.56. The highest BCUT2D eigenvalue weighted by atomic mass is 16.2. The van der Waals surface area contributed by atoms with E-state index in [4.69, 9.17) is 0 Å². The second kappa shape index (κ2) is 7.58. The summed E-state index contributed by atoms with van der Waals surface area (Å²) in [5.74, 6) is 0.648. The minimum atomic E-state index is -0.582. The first-order chi connectivity index (χ1) is 12.8. The molecule has 0 spiro atoms. The molecule has 7 nitrogen and oxygen atoms in total. The van der Waals surface area contributed by atoms with Gasteiger partial charge in [-0.1, -0.05) is 25.7 Å². The minimum absolute atomic E-state index is 0.0147. The molecular formula is C20H28N4O3. The molecule has 0 unspecified atom stereocenters. The molecule has 146 valence electrons. The smallest absolute Gasteiger partial charge is 0.316 e. The van der Waals surface area contributed by atoms with Crippen molar-refractivity contribution in [2.45, 2.75) is 38.5 Å². The topological polar surface area (TPSA) is 76.3 Å². The van der Waals surface area contributed by atoms with Crippen molar-refractivity contribution in [3.63, 3.8) is 0 Å². The molecule has 3 rings (SSSR count). The van der Waals surface area contributed by atoms with Crippen molar-refractivity contribution in [2.24, 2.45) is 20.0 Å². The predicted octanol–water partition coefficient (Wildman–Crippen LogP) is 2.21. The number of nitrogens with one attached hydrogen (secondary N) is 1. The van der Waals surface area contributed by atoms with Crippen LogP contribution in [-0.4, -0.2) is 29.1 Å². The number of aromatic nitrogens is 2. The average molecular weight is 372 g/mol. The van der Waals surface area contributed by atoms with E-state index >= 15 is 0 Å². The van der Waals surface area contributed by atoms with E-state index in [1.807, 2.05) is 25.1 Å². The van der Waals surface area contributed by atoms with Gasteiger partial charge >= 0.3 is 11.1 Å². The van der Waals surface area contributed by atoms with Crippen LogP contribution in [0.5, 0.6) is 0 Å². The molecule has 7 heteroatoms. The molecule has 1 aromatic heterocycles. The summed E-state index contributed by atoms with van der Waals surface area (Å²) in [6, 6.07) is 3.61. The van der Waals surface area contributed by atoms with Gasteiger partial charge < -0.3 is 19.4 Å². The normalized spacial score (nSPS) is 14.7. The summed E-state index contributed by atoms with van der Waals surface area (Å²) in [6.45, 7) is 0. The Kier molecular flexibility index (Phi) is 5.39. The third-order valence-electron chi connectivity index (χ3n) is 5.62. The Labute approximate surface area is 158 Å². The zero-order chi connectivity index (χ0) is 19.7. The number of aryl methyl sites for hydroxylation is 2. The fourth-order valence-corrected chi connectivity index (χ4v) is 3.93. The van der Waals surface area contributed by atoms with Crippen LogP contribution in [0.4, 0.5) is 11.4 Å². The standard InChI is InChI=1S/C20H28N4O3/c1-22(2)15-12-17-16(23(3)19(26)20(27)24(17)4)11-14(15)21-18(25)10-9-13-7-5-6-8-13/h11-13H,5-10H2,1-4H3,(H,21,25). The summed E-state index contributed by atoms with van der Waals surface area (Å²) in [6.07, 6.45) is 6.42. The molecule has 1 heterocycles. The molecule has 0 atom stereocenters. The first kappa shape index (κ1) is 19.2. The molecule has 1 aromatic carbocycles. The number of nitrogens with zero attached hydrogens (tertiary/aromatic N) is 3. The van der Waals surface area contributed by atoms with Crippen LogP contribution >= 0.6 is 0 Å². The molecule has 1 aliphatic rings. The van der Waals surface area contributed by atoms with Gasteiger partial charge in [-0.25, -0.2) is 0 Å². The van der Waals surface area contributed by atoms with E-state index in [0.29, 0.717) is 29.1 Å².